The molecule has 0 radical (unpaired) electrons. The normalized spacial score (nSPS) is 23.2. The van der Waals surface area contributed by atoms with E-state index in [-0.39, 0.29) is 11.3 Å². The van der Waals surface area contributed by atoms with Crippen molar-refractivity contribution in [2.24, 2.45) is 11.1 Å². The summed E-state index contributed by atoms with van der Waals surface area (Å²) in [5.41, 5.74) is 7.36. The van der Waals surface area contributed by atoms with Gasteiger partial charge in [-0.25, -0.2) is 4.52 Å². The van der Waals surface area contributed by atoms with Crippen LogP contribution in [-0.4, -0.2) is 40.1 Å². The zero-order valence-corrected chi connectivity index (χ0v) is 11.0. The van der Waals surface area contributed by atoms with Crippen LogP contribution < -0.4 is 5.73 Å². The molecular weight excluding hydrogens is 240 g/mol. The minimum Gasteiger partial charge on any atom is -0.338 e. The second kappa shape index (κ2) is 4.35. The van der Waals surface area contributed by atoms with Gasteiger partial charge in [-0.3, -0.25) is 4.79 Å². The Morgan fingerprint density at radius 2 is 2.37 bits per heavy atom. The van der Waals surface area contributed by atoms with Crippen LogP contribution in [0.25, 0.3) is 5.52 Å². The maximum atomic E-state index is 12.6. The molecule has 2 N–H and O–H groups in total. The molecular formula is C14H18N4O. The zero-order chi connectivity index (χ0) is 13.5. The Morgan fingerprint density at radius 1 is 1.53 bits per heavy atom. The van der Waals surface area contributed by atoms with Crippen molar-refractivity contribution in [3.63, 3.8) is 0 Å². The van der Waals surface area contributed by atoms with Crippen LogP contribution in [0, 0.1) is 5.41 Å². The van der Waals surface area contributed by atoms with Crippen molar-refractivity contribution < 1.29 is 4.79 Å². The number of amides is 1. The first-order chi connectivity index (χ1) is 9.13. The Labute approximate surface area is 112 Å². The molecule has 100 valence electrons. The van der Waals surface area contributed by atoms with Gasteiger partial charge in [0.2, 0.25) is 0 Å². The van der Waals surface area contributed by atoms with Gasteiger partial charge in [-0.2, -0.15) is 5.10 Å². The third-order valence-corrected chi connectivity index (χ3v) is 3.99. The summed E-state index contributed by atoms with van der Waals surface area (Å²) in [4.78, 5) is 14.4. The molecule has 3 heterocycles. The van der Waals surface area contributed by atoms with Crippen molar-refractivity contribution >= 4 is 11.4 Å². The quantitative estimate of drug-likeness (QED) is 0.878. The standard InChI is InChI=1S/C14H18N4O/c1-14(9-15)5-7-17(10-14)13(19)11-8-16-18-6-3-2-4-12(11)18/h2-4,6,8H,5,7,9-10,15H2,1H3. The molecule has 0 saturated carbocycles. The minimum atomic E-state index is 0.0541. The van der Waals surface area contributed by atoms with Gasteiger partial charge in [0, 0.05) is 19.3 Å². The Hall–Kier alpha value is -1.88. The number of hydrogen-bond acceptors (Lipinski definition) is 3. The molecule has 1 aliphatic rings. The molecule has 1 amide bonds. The Morgan fingerprint density at radius 3 is 3.11 bits per heavy atom. The van der Waals surface area contributed by atoms with E-state index in [9.17, 15) is 4.79 Å². The number of aromatic nitrogens is 2. The summed E-state index contributed by atoms with van der Waals surface area (Å²) in [6, 6.07) is 5.73. The first-order valence-corrected chi connectivity index (χ1v) is 6.55. The topological polar surface area (TPSA) is 63.6 Å². The lowest BCUT2D eigenvalue weighted by atomic mass is 9.90. The Kier molecular flexibility index (Phi) is 2.78. The highest BCUT2D eigenvalue weighted by Gasteiger charge is 2.35. The zero-order valence-electron chi connectivity index (χ0n) is 11.0. The highest BCUT2D eigenvalue weighted by molar-refractivity contribution is 6.00. The van der Waals surface area contributed by atoms with Crippen LogP contribution in [-0.2, 0) is 0 Å². The number of likely N-dealkylation sites (tertiary alicyclic amines) is 1. The van der Waals surface area contributed by atoms with Crippen molar-refractivity contribution in [2.45, 2.75) is 13.3 Å². The van der Waals surface area contributed by atoms with E-state index < -0.39 is 0 Å². The van der Waals surface area contributed by atoms with Crippen molar-refractivity contribution in [3.8, 4) is 0 Å². The predicted molar refractivity (Wildman–Crippen MR) is 72.9 cm³/mol. The minimum absolute atomic E-state index is 0.0541. The molecule has 0 bridgehead atoms. The van der Waals surface area contributed by atoms with E-state index in [1.54, 1.807) is 10.7 Å². The van der Waals surface area contributed by atoms with Gasteiger partial charge in [0.15, 0.2) is 0 Å². The number of fused-ring (bicyclic) bond motifs is 1. The van der Waals surface area contributed by atoms with E-state index in [1.165, 1.54) is 0 Å². The maximum absolute atomic E-state index is 12.6. The largest absolute Gasteiger partial charge is 0.338 e. The van der Waals surface area contributed by atoms with E-state index in [2.05, 4.69) is 12.0 Å². The first kappa shape index (κ1) is 12.2. The van der Waals surface area contributed by atoms with Crippen LogP contribution in [0.1, 0.15) is 23.7 Å². The number of nitrogens with two attached hydrogens (primary N) is 1. The summed E-state index contributed by atoms with van der Waals surface area (Å²) in [5.74, 6) is 0.0541. The lowest BCUT2D eigenvalue weighted by Gasteiger charge is -2.22. The second-order valence-electron chi connectivity index (χ2n) is 5.58. The van der Waals surface area contributed by atoms with Crippen LogP contribution in [0.4, 0.5) is 0 Å². The van der Waals surface area contributed by atoms with Gasteiger partial charge < -0.3 is 10.6 Å². The molecule has 19 heavy (non-hydrogen) atoms. The van der Waals surface area contributed by atoms with Gasteiger partial charge >= 0.3 is 0 Å². The molecule has 5 heteroatoms. The van der Waals surface area contributed by atoms with E-state index in [0.717, 1.165) is 25.0 Å². The van der Waals surface area contributed by atoms with E-state index in [1.807, 2.05) is 29.3 Å². The summed E-state index contributed by atoms with van der Waals surface area (Å²) < 4.78 is 1.73. The number of nitrogens with zero attached hydrogens (tertiary/aromatic N) is 3. The first-order valence-electron chi connectivity index (χ1n) is 6.55. The SMILES string of the molecule is CC1(CN)CCN(C(=O)c2cnn3ccccc23)C1. The molecule has 0 aromatic carbocycles. The number of hydrogen-bond donors (Lipinski definition) is 1. The van der Waals surface area contributed by atoms with Crippen LogP contribution in [0.3, 0.4) is 0 Å². The van der Waals surface area contributed by atoms with Crippen molar-refractivity contribution in [1.29, 1.82) is 0 Å². The second-order valence-corrected chi connectivity index (χ2v) is 5.58. The van der Waals surface area contributed by atoms with E-state index in [0.29, 0.717) is 12.1 Å². The van der Waals surface area contributed by atoms with Gasteiger partial charge in [-0.05, 0) is 30.5 Å². The Bertz CT molecular complexity index is 621. The molecule has 1 aliphatic heterocycles. The number of pyridine rings is 1. The number of carbonyl (C=O) groups excluding carboxylic acids is 1. The molecule has 3 rings (SSSR count). The van der Waals surface area contributed by atoms with Gasteiger partial charge in [-0.1, -0.05) is 13.0 Å². The molecule has 0 spiro atoms. The molecule has 5 nitrogen and oxygen atoms in total. The molecule has 1 saturated heterocycles. The fourth-order valence-corrected chi connectivity index (χ4v) is 2.63. The fraction of sp³-hybridized carbons (Fsp3) is 0.429. The summed E-state index contributed by atoms with van der Waals surface area (Å²) >= 11 is 0. The average Bonchev–Trinajstić information content (AvgIpc) is 3.03. The van der Waals surface area contributed by atoms with Crippen LogP contribution in [0.5, 0.6) is 0 Å². The van der Waals surface area contributed by atoms with Gasteiger partial charge in [-0.15, -0.1) is 0 Å². The summed E-state index contributed by atoms with van der Waals surface area (Å²) in [6.45, 7) is 4.26. The molecule has 2 aromatic heterocycles. The lowest BCUT2D eigenvalue weighted by molar-refractivity contribution is 0.0779. The van der Waals surface area contributed by atoms with Crippen molar-refractivity contribution in [1.82, 2.24) is 14.5 Å². The number of carbonyl (C=O) groups is 1. The summed E-state index contributed by atoms with van der Waals surface area (Å²) in [6.07, 6.45) is 4.46. The maximum Gasteiger partial charge on any atom is 0.257 e. The summed E-state index contributed by atoms with van der Waals surface area (Å²) in [7, 11) is 0. The van der Waals surface area contributed by atoms with Crippen LogP contribution in [0.2, 0.25) is 0 Å². The fourth-order valence-electron chi connectivity index (χ4n) is 2.63. The Balaban J connectivity index is 1.89. The van der Waals surface area contributed by atoms with Gasteiger partial charge in [0.25, 0.3) is 5.91 Å². The van der Waals surface area contributed by atoms with Crippen LogP contribution >= 0.6 is 0 Å². The van der Waals surface area contributed by atoms with E-state index in [4.69, 9.17) is 5.73 Å². The third kappa shape index (κ3) is 2.00. The average molecular weight is 258 g/mol. The van der Waals surface area contributed by atoms with Gasteiger partial charge in [0.1, 0.15) is 0 Å². The smallest absolute Gasteiger partial charge is 0.257 e. The van der Waals surface area contributed by atoms with Crippen molar-refractivity contribution in [2.75, 3.05) is 19.6 Å². The third-order valence-electron chi connectivity index (χ3n) is 3.99. The summed E-state index contributed by atoms with van der Waals surface area (Å²) in [5, 5.41) is 4.21. The van der Waals surface area contributed by atoms with Crippen molar-refractivity contribution in [3.05, 3.63) is 36.2 Å². The highest BCUT2D eigenvalue weighted by atomic mass is 16.2. The molecule has 1 atom stereocenters. The highest BCUT2D eigenvalue weighted by Crippen LogP contribution is 2.29. The molecule has 1 fully saturated rings. The van der Waals surface area contributed by atoms with Gasteiger partial charge in [0.05, 0.1) is 17.3 Å². The predicted octanol–water partition coefficient (Wildman–Crippen LogP) is 1.15. The number of rotatable bonds is 2. The lowest BCUT2D eigenvalue weighted by Crippen LogP contribution is -2.34. The molecule has 2 aromatic rings. The van der Waals surface area contributed by atoms with Crippen LogP contribution in [0.15, 0.2) is 30.6 Å². The van der Waals surface area contributed by atoms with E-state index >= 15 is 0 Å². The monoisotopic (exact) mass is 258 g/mol. The molecule has 0 aliphatic carbocycles. The molecule has 1 unspecified atom stereocenters.